The van der Waals surface area contributed by atoms with Crippen LogP contribution in [0.5, 0.6) is 0 Å². The molecular formula is C10H19NO2. The first kappa shape index (κ1) is 10.7. The summed E-state index contributed by atoms with van der Waals surface area (Å²) in [6, 6.07) is 0.181. The molecule has 3 heteroatoms. The van der Waals surface area contributed by atoms with Crippen molar-refractivity contribution in [2.75, 3.05) is 26.8 Å². The number of hydrogen-bond donors (Lipinski definition) is 0. The van der Waals surface area contributed by atoms with Crippen LogP contribution in [0.3, 0.4) is 0 Å². The molecule has 1 aliphatic carbocycles. The van der Waals surface area contributed by atoms with E-state index in [1.807, 2.05) is 0 Å². The van der Waals surface area contributed by atoms with E-state index in [0.717, 1.165) is 39.0 Å². The van der Waals surface area contributed by atoms with Gasteiger partial charge >= 0.3 is 0 Å². The number of hydrogen-bond acceptors (Lipinski definition) is 3. The molecule has 13 heavy (non-hydrogen) atoms. The molecule has 0 saturated heterocycles. The van der Waals surface area contributed by atoms with Crippen molar-refractivity contribution in [2.24, 2.45) is 0 Å². The minimum atomic E-state index is 0.181. The highest BCUT2D eigenvalue weighted by molar-refractivity contribution is 5.85. The lowest BCUT2D eigenvalue weighted by molar-refractivity contribution is -0.122. The fraction of sp³-hybridized carbons (Fsp3) is 0.900. The van der Waals surface area contributed by atoms with E-state index < -0.39 is 0 Å². The molecule has 1 rings (SSSR count). The largest absolute Gasteiger partial charge is 0.383 e. The lowest BCUT2D eigenvalue weighted by Gasteiger charge is -2.25. The van der Waals surface area contributed by atoms with Gasteiger partial charge in [0.1, 0.15) is 5.78 Å². The van der Waals surface area contributed by atoms with E-state index in [-0.39, 0.29) is 6.04 Å². The van der Waals surface area contributed by atoms with Crippen molar-refractivity contribution >= 4 is 5.78 Å². The second kappa shape index (κ2) is 5.35. The lowest BCUT2D eigenvalue weighted by atomic mass is 10.2. The fourth-order valence-corrected chi connectivity index (χ4v) is 1.93. The Morgan fingerprint density at radius 1 is 1.62 bits per heavy atom. The predicted molar refractivity (Wildman–Crippen MR) is 51.8 cm³/mol. The monoisotopic (exact) mass is 185 g/mol. The molecule has 1 aliphatic rings. The SMILES string of the molecule is CCN(CCOC)C1CCCC1=O. The molecule has 1 saturated carbocycles. The second-order valence-electron chi connectivity index (χ2n) is 3.50. The normalized spacial score (nSPS) is 23.0. The van der Waals surface area contributed by atoms with Crippen LogP contribution in [0.1, 0.15) is 26.2 Å². The van der Waals surface area contributed by atoms with Crippen LogP contribution in [0.15, 0.2) is 0 Å². The maximum atomic E-state index is 11.5. The van der Waals surface area contributed by atoms with Gasteiger partial charge in [-0.2, -0.15) is 0 Å². The number of nitrogens with zero attached hydrogens (tertiary/aromatic N) is 1. The Balaban J connectivity index is 2.40. The smallest absolute Gasteiger partial charge is 0.149 e. The number of carbonyl (C=O) groups excluding carboxylic acids is 1. The average Bonchev–Trinajstić information content (AvgIpc) is 2.54. The van der Waals surface area contributed by atoms with E-state index in [2.05, 4.69) is 11.8 Å². The standard InChI is InChI=1S/C10H19NO2/c1-3-11(7-8-13-2)9-5-4-6-10(9)12/h9H,3-8H2,1-2H3. The first-order chi connectivity index (χ1) is 6.29. The molecule has 0 radical (unpaired) electrons. The van der Waals surface area contributed by atoms with Gasteiger partial charge in [0, 0.05) is 20.1 Å². The van der Waals surface area contributed by atoms with Gasteiger partial charge in [-0.15, -0.1) is 0 Å². The van der Waals surface area contributed by atoms with Gasteiger partial charge in [0.2, 0.25) is 0 Å². The third-order valence-electron chi connectivity index (χ3n) is 2.70. The highest BCUT2D eigenvalue weighted by Crippen LogP contribution is 2.19. The first-order valence-electron chi connectivity index (χ1n) is 5.05. The Morgan fingerprint density at radius 3 is 2.85 bits per heavy atom. The van der Waals surface area contributed by atoms with Crippen LogP contribution in [0.4, 0.5) is 0 Å². The van der Waals surface area contributed by atoms with Crippen molar-refractivity contribution in [3.63, 3.8) is 0 Å². The Kier molecular flexibility index (Phi) is 4.39. The van der Waals surface area contributed by atoms with Crippen LogP contribution in [0, 0.1) is 0 Å². The number of ketones is 1. The summed E-state index contributed by atoms with van der Waals surface area (Å²) in [7, 11) is 1.70. The number of likely N-dealkylation sites (N-methyl/N-ethyl adjacent to an activating group) is 1. The summed E-state index contributed by atoms with van der Waals surface area (Å²) in [5.41, 5.74) is 0. The van der Waals surface area contributed by atoms with E-state index in [1.165, 1.54) is 0 Å². The molecule has 0 aromatic rings. The van der Waals surface area contributed by atoms with Gasteiger partial charge in [-0.3, -0.25) is 9.69 Å². The molecule has 0 spiro atoms. The topological polar surface area (TPSA) is 29.5 Å². The Morgan fingerprint density at radius 2 is 2.38 bits per heavy atom. The number of methoxy groups -OCH3 is 1. The van der Waals surface area contributed by atoms with Crippen molar-refractivity contribution in [3.8, 4) is 0 Å². The Labute approximate surface area is 80.1 Å². The first-order valence-corrected chi connectivity index (χ1v) is 5.05. The zero-order valence-corrected chi connectivity index (χ0v) is 8.58. The van der Waals surface area contributed by atoms with E-state index in [0.29, 0.717) is 5.78 Å². The summed E-state index contributed by atoms with van der Waals surface area (Å²) < 4.78 is 5.02. The maximum absolute atomic E-state index is 11.5. The van der Waals surface area contributed by atoms with Gasteiger partial charge in [0.25, 0.3) is 0 Å². The average molecular weight is 185 g/mol. The van der Waals surface area contributed by atoms with E-state index in [4.69, 9.17) is 4.74 Å². The lowest BCUT2D eigenvalue weighted by Crippen LogP contribution is -2.39. The van der Waals surface area contributed by atoms with Gasteiger partial charge in [-0.25, -0.2) is 0 Å². The van der Waals surface area contributed by atoms with Gasteiger partial charge in [-0.1, -0.05) is 6.92 Å². The Bertz CT molecular complexity index is 170. The van der Waals surface area contributed by atoms with Crippen molar-refractivity contribution < 1.29 is 9.53 Å². The van der Waals surface area contributed by atoms with Gasteiger partial charge in [-0.05, 0) is 19.4 Å². The summed E-state index contributed by atoms with van der Waals surface area (Å²) in [6.45, 7) is 4.64. The molecule has 1 fully saturated rings. The summed E-state index contributed by atoms with van der Waals surface area (Å²) in [5, 5.41) is 0. The van der Waals surface area contributed by atoms with Crippen molar-refractivity contribution in [3.05, 3.63) is 0 Å². The molecular weight excluding hydrogens is 166 g/mol. The van der Waals surface area contributed by atoms with Gasteiger partial charge < -0.3 is 4.74 Å². The maximum Gasteiger partial charge on any atom is 0.149 e. The quantitative estimate of drug-likeness (QED) is 0.642. The molecule has 0 aromatic carbocycles. The molecule has 76 valence electrons. The zero-order chi connectivity index (χ0) is 9.68. The van der Waals surface area contributed by atoms with Crippen molar-refractivity contribution in [2.45, 2.75) is 32.2 Å². The summed E-state index contributed by atoms with van der Waals surface area (Å²) in [4.78, 5) is 13.7. The molecule has 1 atom stereocenters. The van der Waals surface area contributed by atoms with E-state index in [1.54, 1.807) is 7.11 Å². The summed E-state index contributed by atoms with van der Waals surface area (Å²) in [6.07, 6.45) is 2.87. The highest BCUT2D eigenvalue weighted by Gasteiger charge is 2.28. The summed E-state index contributed by atoms with van der Waals surface area (Å²) >= 11 is 0. The minimum Gasteiger partial charge on any atom is -0.383 e. The van der Waals surface area contributed by atoms with Crippen LogP contribution in [-0.2, 0) is 9.53 Å². The highest BCUT2D eigenvalue weighted by atomic mass is 16.5. The second-order valence-corrected chi connectivity index (χ2v) is 3.50. The Hall–Kier alpha value is -0.410. The molecule has 0 amide bonds. The van der Waals surface area contributed by atoms with Crippen LogP contribution in [-0.4, -0.2) is 43.5 Å². The third kappa shape index (κ3) is 2.78. The molecule has 3 nitrogen and oxygen atoms in total. The number of Topliss-reactive ketones (excluding diaryl/α,β-unsaturated/α-hetero) is 1. The van der Waals surface area contributed by atoms with Crippen LogP contribution in [0.2, 0.25) is 0 Å². The minimum absolute atomic E-state index is 0.181. The van der Waals surface area contributed by atoms with Crippen LogP contribution < -0.4 is 0 Å². The van der Waals surface area contributed by atoms with Gasteiger partial charge in [0.05, 0.1) is 12.6 Å². The summed E-state index contributed by atoms with van der Waals surface area (Å²) in [5.74, 6) is 0.415. The van der Waals surface area contributed by atoms with Gasteiger partial charge in [0.15, 0.2) is 0 Å². The molecule has 0 N–H and O–H groups in total. The van der Waals surface area contributed by atoms with Crippen molar-refractivity contribution in [1.82, 2.24) is 4.90 Å². The molecule has 0 aliphatic heterocycles. The number of ether oxygens (including phenoxy) is 1. The van der Waals surface area contributed by atoms with E-state index >= 15 is 0 Å². The number of rotatable bonds is 5. The predicted octanol–water partition coefficient (Wildman–Crippen LogP) is 1.08. The molecule has 0 aromatic heterocycles. The fourth-order valence-electron chi connectivity index (χ4n) is 1.93. The van der Waals surface area contributed by atoms with Crippen LogP contribution in [0.25, 0.3) is 0 Å². The molecule has 1 unspecified atom stereocenters. The zero-order valence-electron chi connectivity index (χ0n) is 8.58. The van der Waals surface area contributed by atoms with Crippen LogP contribution >= 0.6 is 0 Å². The molecule has 0 heterocycles. The van der Waals surface area contributed by atoms with E-state index in [9.17, 15) is 4.79 Å². The third-order valence-corrected chi connectivity index (χ3v) is 2.70. The molecule has 0 bridgehead atoms. The van der Waals surface area contributed by atoms with Crippen molar-refractivity contribution in [1.29, 1.82) is 0 Å². The number of carbonyl (C=O) groups is 1.